The predicted octanol–water partition coefficient (Wildman–Crippen LogP) is 5.04. The Morgan fingerprint density at radius 1 is 1.12 bits per heavy atom. The van der Waals surface area contributed by atoms with Gasteiger partial charge in [-0.3, -0.25) is 4.79 Å². The van der Waals surface area contributed by atoms with Crippen molar-refractivity contribution in [2.75, 3.05) is 14.2 Å². The first-order valence-electron chi connectivity index (χ1n) is 12.9. The van der Waals surface area contributed by atoms with Gasteiger partial charge in [-0.25, -0.2) is 0 Å². The van der Waals surface area contributed by atoms with Gasteiger partial charge in [0.15, 0.2) is 0 Å². The van der Waals surface area contributed by atoms with Crippen LogP contribution in [-0.2, 0) is 11.3 Å². The summed E-state index contributed by atoms with van der Waals surface area (Å²) in [6.45, 7) is 7.91. The maximum Gasteiger partial charge on any atom is 0.223 e. The fraction of sp³-hybridized carbons (Fsp3) is 0.750. The quantitative estimate of drug-likeness (QED) is 0.691. The number of aliphatic hydroxyl groups excluding tert-OH is 1. The van der Waals surface area contributed by atoms with E-state index in [0.717, 1.165) is 42.7 Å². The van der Waals surface area contributed by atoms with E-state index in [1.54, 1.807) is 14.2 Å². The molecule has 0 aromatic heterocycles. The van der Waals surface area contributed by atoms with Gasteiger partial charge < -0.3 is 19.5 Å². The Hall–Kier alpha value is -1.75. The Morgan fingerprint density at radius 3 is 2.64 bits per heavy atom. The van der Waals surface area contributed by atoms with Gasteiger partial charge in [-0.05, 0) is 85.2 Å². The molecular weight excluding hydrogens is 414 g/mol. The number of hydrogen-bond donors (Lipinski definition) is 1. The van der Waals surface area contributed by atoms with Crippen LogP contribution in [0.1, 0.15) is 71.3 Å². The van der Waals surface area contributed by atoms with E-state index in [0.29, 0.717) is 42.1 Å². The van der Waals surface area contributed by atoms with Crippen LogP contribution >= 0.6 is 0 Å². The fourth-order valence-corrected chi connectivity index (χ4v) is 8.70. The molecule has 1 aromatic carbocycles. The molecule has 1 amide bonds. The Balaban J connectivity index is 1.46. The third kappa shape index (κ3) is 3.57. The van der Waals surface area contributed by atoms with Crippen LogP contribution in [0.2, 0.25) is 0 Å². The number of fused-ring (bicyclic) bond motifs is 5. The molecule has 0 radical (unpaired) electrons. The zero-order chi connectivity index (χ0) is 23.5. The van der Waals surface area contributed by atoms with Gasteiger partial charge in [-0.1, -0.05) is 20.8 Å². The minimum absolute atomic E-state index is 0.136. The first-order chi connectivity index (χ1) is 15.7. The van der Waals surface area contributed by atoms with Crippen LogP contribution in [0.25, 0.3) is 0 Å². The number of carbonyl (C=O) groups is 1. The standard InChI is InChI=1S/C28H41NO4/c1-17-12-24-28(3,21-8-10-27(2)15-19(30)13-22(27)26(17)21)11-9-25(31)29(24)16-18-6-7-20(32-4)14-23(18)33-5/h6-7,14,17,19,21-22,24,26,30H,8-13,15-16H2,1-5H3/t17?,19?,21-,22+,24?,26-,27-,28-/m1/s1. The van der Waals surface area contributed by atoms with Crippen LogP contribution in [0, 0.1) is 34.5 Å². The molecule has 4 fully saturated rings. The molecule has 3 unspecified atom stereocenters. The highest BCUT2D eigenvalue weighted by molar-refractivity contribution is 5.78. The second-order valence-corrected chi connectivity index (χ2v) is 12.0. The van der Waals surface area contributed by atoms with Crippen LogP contribution in [0.15, 0.2) is 18.2 Å². The first kappa shape index (κ1) is 23.0. The normalized spacial score (nSPS) is 42.4. The van der Waals surface area contributed by atoms with Crippen molar-refractivity contribution >= 4 is 5.91 Å². The molecule has 182 valence electrons. The summed E-state index contributed by atoms with van der Waals surface area (Å²) in [4.78, 5) is 15.5. The zero-order valence-corrected chi connectivity index (χ0v) is 21.0. The first-order valence-corrected chi connectivity index (χ1v) is 12.9. The average Bonchev–Trinajstić information content (AvgIpc) is 3.11. The van der Waals surface area contributed by atoms with Crippen molar-refractivity contribution < 1.29 is 19.4 Å². The molecule has 0 spiro atoms. The lowest BCUT2D eigenvalue weighted by Crippen LogP contribution is -2.63. The fourth-order valence-electron chi connectivity index (χ4n) is 8.70. The zero-order valence-electron chi connectivity index (χ0n) is 21.0. The number of benzene rings is 1. The van der Waals surface area contributed by atoms with Gasteiger partial charge in [0.1, 0.15) is 11.5 Å². The summed E-state index contributed by atoms with van der Waals surface area (Å²) in [6, 6.07) is 6.17. The number of amides is 1. The van der Waals surface area contributed by atoms with E-state index in [9.17, 15) is 9.90 Å². The number of rotatable bonds is 4. The van der Waals surface area contributed by atoms with Crippen LogP contribution in [0.3, 0.4) is 0 Å². The van der Waals surface area contributed by atoms with Crippen molar-refractivity contribution in [3.05, 3.63) is 23.8 Å². The van der Waals surface area contributed by atoms with Crippen molar-refractivity contribution in [3.8, 4) is 11.5 Å². The highest BCUT2D eigenvalue weighted by Gasteiger charge is 2.62. The Kier molecular flexibility index (Phi) is 5.70. The van der Waals surface area contributed by atoms with E-state index in [1.807, 2.05) is 18.2 Å². The lowest BCUT2D eigenvalue weighted by Gasteiger charge is -2.63. The Labute approximate surface area is 198 Å². The van der Waals surface area contributed by atoms with Gasteiger partial charge >= 0.3 is 0 Å². The molecule has 3 aliphatic carbocycles. The summed E-state index contributed by atoms with van der Waals surface area (Å²) in [6.07, 6.45) is 6.93. The lowest BCUT2D eigenvalue weighted by molar-refractivity contribution is -0.169. The molecule has 1 aromatic rings. The molecule has 1 heterocycles. The number of carbonyl (C=O) groups excluding carboxylic acids is 1. The summed E-state index contributed by atoms with van der Waals surface area (Å²) < 4.78 is 11.0. The third-order valence-electron chi connectivity index (χ3n) is 10.3. The van der Waals surface area contributed by atoms with Crippen LogP contribution in [0.4, 0.5) is 0 Å². The summed E-state index contributed by atoms with van der Waals surface area (Å²) in [5, 5.41) is 10.6. The SMILES string of the molecule is COc1ccc(CN2C(=O)CC[C@@]3(C)C2CC(C)[C@@H]2[C@H]3CC[C@]3(C)CC(O)C[C@@H]23)c(OC)c1. The van der Waals surface area contributed by atoms with Crippen molar-refractivity contribution in [3.63, 3.8) is 0 Å². The molecule has 5 nitrogen and oxygen atoms in total. The molecule has 4 aliphatic rings. The summed E-state index contributed by atoms with van der Waals surface area (Å²) >= 11 is 0. The highest BCUT2D eigenvalue weighted by atomic mass is 16.5. The van der Waals surface area contributed by atoms with Crippen molar-refractivity contribution in [1.29, 1.82) is 0 Å². The number of methoxy groups -OCH3 is 2. The number of piperidine rings is 1. The monoisotopic (exact) mass is 455 g/mol. The van der Waals surface area contributed by atoms with Crippen LogP contribution in [-0.4, -0.2) is 42.3 Å². The molecule has 8 atom stereocenters. The summed E-state index contributed by atoms with van der Waals surface area (Å²) in [5.41, 5.74) is 1.47. The topological polar surface area (TPSA) is 59.0 Å². The van der Waals surface area contributed by atoms with E-state index < -0.39 is 0 Å². The van der Waals surface area contributed by atoms with E-state index in [-0.39, 0.29) is 23.5 Å². The molecule has 5 rings (SSSR count). The van der Waals surface area contributed by atoms with E-state index in [4.69, 9.17) is 9.47 Å². The van der Waals surface area contributed by atoms with E-state index >= 15 is 0 Å². The van der Waals surface area contributed by atoms with E-state index in [2.05, 4.69) is 25.7 Å². The number of hydrogen-bond acceptors (Lipinski definition) is 4. The van der Waals surface area contributed by atoms with Crippen molar-refractivity contribution in [2.45, 2.75) is 84.4 Å². The molecular formula is C28H41NO4. The molecule has 0 bridgehead atoms. The summed E-state index contributed by atoms with van der Waals surface area (Å²) in [7, 11) is 3.34. The van der Waals surface area contributed by atoms with Gasteiger partial charge in [0.05, 0.1) is 20.3 Å². The van der Waals surface area contributed by atoms with Crippen LogP contribution in [0.5, 0.6) is 11.5 Å². The number of likely N-dealkylation sites (tertiary alicyclic amines) is 1. The maximum absolute atomic E-state index is 13.3. The van der Waals surface area contributed by atoms with Gasteiger partial charge in [0.25, 0.3) is 0 Å². The van der Waals surface area contributed by atoms with Gasteiger partial charge in [-0.2, -0.15) is 0 Å². The lowest BCUT2D eigenvalue weighted by atomic mass is 9.45. The van der Waals surface area contributed by atoms with Crippen LogP contribution < -0.4 is 9.47 Å². The summed E-state index contributed by atoms with van der Waals surface area (Å²) in [5.74, 6) is 4.29. The molecule has 1 aliphatic heterocycles. The maximum atomic E-state index is 13.3. The molecule has 1 N–H and O–H groups in total. The number of aliphatic hydroxyl groups is 1. The molecule has 3 saturated carbocycles. The minimum Gasteiger partial charge on any atom is -0.497 e. The highest BCUT2D eigenvalue weighted by Crippen LogP contribution is 2.66. The Bertz CT molecular complexity index is 917. The second-order valence-electron chi connectivity index (χ2n) is 12.0. The minimum atomic E-state index is -0.136. The number of ether oxygens (including phenoxy) is 2. The predicted molar refractivity (Wildman–Crippen MR) is 128 cm³/mol. The molecule has 5 heteroatoms. The van der Waals surface area contributed by atoms with Crippen molar-refractivity contribution in [1.82, 2.24) is 4.90 Å². The number of nitrogens with zero attached hydrogens (tertiary/aromatic N) is 1. The molecule has 33 heavy (non-hydrogen) atoms. The molecule has 1 saturated heterocycles. The largest absolute Gasteiger partial charge is 0.497 e. The Morgan fingerprint density at radius 2 is 1.91 bits per heavy atom. The van der Waals surface area contributed by atoms with Gasteiger partial charge in [0.2, 0.25) is 5.91 Å². The van der Waals surface area contributed by atoms with Crippen molar-refractivity contribution in [2.24, 2.45) is 34.5 Å². The smallest absolute Gasteiger partial charge is 0.223 e. The van der Waals surface area contributed by atoms with Gasteiger partial charge in [-0.15, -0.1) is 0 Å². The average molecular weight is 456 g/mol. The third-order valence-corrected chi connectivity index (χ3v) is 10.3. The van der Waals surface area contributed by atoms with Gasteiger partial charge in [0, 0.05) is 30.6 Å². The van der Waals surface area contributed by atoms with E-state index in [1.165, 1.54) is 12.8 Å². The second kappa shape index (κ2) is 8.18.